The largest absolute Gasteiger partial charge is 0.444 e. The van der Waals surface area contributed by atoms with Crippen molar-refractivity contribution in [1.29, 1.82) is 0 Å². The summed E-state index contributed by atoms with van der Waals surface area (Å²) in [4.78, 5) is 23.9. The maximum Gasteiger partial charge on any atom is 0.410 e. The Bertz CT molecular complexity index is 681. The summed E-state index contributed by atoms with van der Waals surface area (Å²) in [5.41, 5.74) is 0.943. The van der Waals surface area contributed by atoms with Gasteiger partial charge < -0.3 is 14.5 Å². The summed E-state index contributed by atoms with van der Waals surface area (Å²) < 4.78 is 18.3. The lowest BCUT2D eigenvalue weighted by atomic mass is 9.60. The fourth-order valence-corrected chi connectivity index (χ4v) is 4.81. The fraction of sp³-hybridized carbons (Fsp3) is 0.750. The fourth-order valence-electron chi connectivity index (χ4n) is 4.81. The van der Waals surface area contributed by atoms with Gasteiger partial charge in [-0.3, -0.25) is 0 Å². The van der Waals surface area contributed by atoms with Crippen molar-refractivity contribution in [2.24, 2.45) is 5.41 Å². The van der Waals surface area contributed by atoms with E-state index in [2.05, 4.69) is 14.9 Å². The number of carbonyl (C=O) groups is 1. The first kappa shape index (κ1) is 18.6. The van der Waals surface area contributed by atoms with Crippen LogP contribution < -0.4 is 0 Å². The highest BCUT2D eigenvalue weighted by Crippen LogP contribution is 2.51. The zero-order valence-electron chi connectivity index (χ0n) is 16.4. The van der Waals surface area contributed by atoms with Crippen LogP contribution in [0, 0.1) is 11.5 Å². The van der Waals surface area contributed by atoms with E-state index < -0.39 is 11.7 Å². The van der Waals surface area contributed by atoms with Gasteiger partial charge in [0.2, 0.25) is 0 Å². The van der Waals surface area contributed by atoms with Crippen molar-refractivity contribution in [2.45, 2.75) is 64.0 Å². The molecule has 6 nitrogen and oxygen atoms in total. The van der Waals surface area contributed by atoms with Gasteiger partial charge in [0, 0.05) is 36.9 Å². The summed E-state index contributed by atoms with van der Waals surface area (Å²) in [6, 6.07) is 0.635. The first-order chi connectivity index (χ1) is 12.7. The molecule has 0 N–H and O–H groups in total. The molecule has 0 radical (unpaired) electrons. The normalized spacial score (nSPS) is 23.8. The minimum Gasteiger partial charge on any atom is -0.444 e. The van der Waals surface area contributed by atoms with Gasteiger partial charge >= 0.3 is 12.2 Å². The van der Waals surface area contributed by atoms with Crippen molar-refractivity contribution in [3.05, 3.63) is 24.0 Å². The number of rotatable bonds is 2. The average Bonchev–Trinajstić information content (AvgIpc) is 2.52. The van der Waals surface area contributed by atoms with Gasteiger partial charge in [-0.2, -0.15) is 4.39 Å². The molecule has 0 aromatic carbocycles. The number of nitrogens with zero attached hydrogens (tertiary/aromatic N) is 4. The summed E-state index contributed by atoms with van der Waals surface area (Å²) in [6.45, 7) is 9.52. The van der Waals surface area contributed by atoms with Crippen LogP contribution in [0.1, 0.15) is 57.9 Å². The molecule has 2 saturated heterocycles. The number of aromatic nitrogens is 2. The first-order valence-electron chi connectivity index (χ1n) is 9.92. The van der Waals surface area contributed by atoms with Crippen LogP contribution in [0.2, 0.25) is 0 Å². The van der Waals surface area contributed by atoms with Crippen molar-refractivity contribution in [2.75, 3.05) is 26.2 Å². The lowest BCUT2D eigenvalue weighted by molar-refractivity contribution is -0.110. The second kappa shape index (κ2) is 6.69. The molecule has 1 aromatic rings. The van der Waals surface area contributed by atoms with Crippen molar-refractivity contribution >= 4 is 6.09 Å². The van der Waals surface area contributed by atoms with Gasteiger partial charge in [-0.05, 0) is 71.0 Å². The van der Waals surface area contributed by atoms with E-state index in [4.69, 9.17) is 4.74 Å². The molecule has 4 rings (SSSR count). The van der Waals surface area contributed by atoms with Crippen LogP contribution in [-0.4, -0.2) is 63.7 Å². The standard InChI is InChI=1S/C20H29FN4O2/c1-19(2,3)27-18(26)25-12-20(13-25)8-16(9-20)24-6-4-14(5-7-24)15-10-22-17(21)23-11-15/h10-11,14,16H,4-9,12-13H2,1-3H3. The number of halogens is 1. The van der Waals surface area contributed by atoms with Crippen molar-refractivity contribution in [3.8, 4) is 0 Å². The van der Waals surface area contributed by atoms with E-state index in [1.807, 2.05) is 25.7 Å². The van der Waals surface area contributed by atoms with Crippen molar-refractivity contribution in [1.82, 2.24) is 19.8 Å². The average molecular weight is 376 g/mol. The van der Waals surface area contributed by atoms with E-state index >= 15 is 0 Å². The lowest BCUT2D eigenvalue weighted by Crippen LogP contribution is -2.68. The molecule has 0 atom stereocenters. The highest BCUT2D eigenvalue weighted by Gasteiger charge is 2.55. The Morgan fingerprint density at radius 3 is 2.33 bits per heavy atom. The summed E-state index contributed by atoms with van der Waals surface area (Å²) in [5, 5.41) is 0. The topological polar surface area (TPSA) is 58.6 Å². The third-order valence-electron chi connectivity index (χ3n) is 6.20. The SMILES string of the molecule is CC(C)(C)OC(=O)N1CC2(CC(N3CCC(c4cnc(F)nc4)CC3)C2)C1. The molecular formula is C20H29FN4O2. The van der Waals surface area contributed by atoms with Crippen molar-refractivity contribution < 1.29 is 13.9 Å². The molecule has 1 aromatic heterocycles. The Labute approximate surface area is 160 Å². The summed E-state index contributed by atoms with van der Waals surface area (Å²) in [5.74, 6) is 0.433. The first-order valence-corrected chi connectivity index (χ1v) is 9.92. The van der Waals surface area contributed by atoms with E-state index in [-0.39, 0.29) is 6.09 Å². The monoisotopic (exact) mass is 376 g/mol. The number of carbonyl (C=O) groups excluding carboxylic acids is 1. The molecule has 27 heavy (non-hydrogen) atoms. The summed E-state index contributed by atoms with van der Waals surface area (Å²) >= 11 is 0. The van der Waals surface area contributed by atoms with Crippen LogP contribution in [0.3, 0.4) is 0 Å². The lowest BCUT2D eigenvalue weighted by Gasteiger charge is -2.61. The maximum absolute atomic E-state index is 12.9. The van der Waals surface area contributed by atoms with E-state index in [0.29, 0.717) is 17.4 Å². The summed E-state index contributed by atoms with van der Waals surface area (Å²) in [6.07, 6.45) is 6.91. The predicted molar refractivity (Wildman–Crippen MR) is 98.8 cm³/mol. The molecule has 3 aliphatic rings. The molecule has 2 aliphatic heterocycles. The van der Waals surface area contributed by atoms with Gasteiger partial charge in [-0.1, -0.05) is 0 Å². The van der Waals surface area contributed by atoms with Crippen LogP contribution in [-0.2, 0) is 4.74 Å². The van der Waals surface area contributed by atoms with Crippen LogP contribution in [0.15, 0.2) is 12.4 Å². The Hall–Kier alpha value is -1.76. The molecule has 1 spiro atoms. The molecule has 3 heterocycles. The van der Waals surface area contributed by atoms with Gasteiger partial charge in [-0.15, -0.1) is 0 Å². The maximum atomic E-state index is 12.9. The van der Waals surface area contributed by atoms with Crippen LogP contribution in [0.25, 0.3) is 0 Å². The van der Waals surface area contributed by atoms with Gasteiger partial charge in [0.15, 0.2) is 0 Å². The highest BCUT2D eigenvalue weighted by atomic mass is 19.1. The minimum atomic E-state index is -0.656. The third kappa shape index (κ3) is 3.93. The second-order valence-electron chi connectivity index (χ2n) is 9.49. The van der Waals surface area contributed by atoms with Crippen LogP contribution in [0.4, 0.5) is 9.18 Å². The minimum absolute atomic E-state index is 0.182. The molecule has 1 amide bonds. The van der Waals surface area contributed by atoms with Crippen LogP contribution in [0.5, 0.6) is 0 Å². The second-order valence-corrected chi connectivity index (χ2v) is 9.49. The Kier molecular flexibility index (Phi) is 4.61. The third-order valence-corrected chi connectivity index (χ3v) is 6.20. The van der Waals surface area contributed by atoms with Gasteiger partial charge in [-0.25, -0.2) is 14.8 Å². The zero-order chi connectivity index (χ0) is 19.2. The smallest absolute Gasteiger partial charge is 0.410 e. The predicted octanol–water partition coefficient (Wildman–Crippen LogP) is 3.19. The molecule has 7 heteroatoms. The van der Waals surface area contributed by atoms with E-state index in [0.717, 1.165) is 44.6 Å². The Morgan fingerprint density at radius 2 is 1.78 bits per heavy atom. The summed E-state index contributed by atoms with van der Waals surface area (Å²) in [7, 11) is 0. The highest BCUT2D eigenvalue weighted by molar-refractivity contribution is 5.69. The number of piperidine rings is 1. The van der Waals surface area contributed by atoms with Gasteiger partial charge in [0.25, 0.3) is 0 Å². The molecular weight excluding hydrogens is 347 g/mol. The molecule has 3 fully saturated rings. The Balaban J connectivity index is 1.20. The number of hydrogen-bond donors (Lipinski definition) is 0. The van der Waals surface area contributed by atoms with Gasteiger partial charge in [0.1, 0.15) is 5.60 Å². The molecule has 1 saturated carbocycles. The van der Waals surface area contributed by atoms with Crippen LogP contribution >= 0.6 is 0 Å². The van der Waals surface area contributed by atoms with E-state index in [1.165, 1.54) is 12.8 Å². The number of hydrogen-bond acceptors (Lipinski definition) is 5. The van der Waals surface area contributed by atoms with E-state index in [9.17, 15) is 9.18 Å². The van der Waals surface area contributed by atoms with Gasteiger partial charge in [0.05, 0.1) is 0 Å². The quantitative estimate of drug-likeness (QED) is 0.742. The molecule has 148 valence electrons. The molecule has 0 bridgehead atoms. The van der Waals surface area contributed by atoms with E-state index in [1.54, 1.807) is 12.4 Å². The van der Waals surface area contributed by atoms with Crippen molar-refractivity contribution in [3.63, 3.8) is 0 Å². The molecule has 1 aliphatic carbocycles. The Morgan fingerprint density at radius 1 is 1.19 bits per heavy atom. The zero-order valence-corrected chi connectivity index (χ0v) is 16.4. The number of ether oxygens (including phenoxy) is 1. The molecule has 0 unspecified atom stereocenters. The number of amides is 1. The number of likely N-dealkylation sites (tertiary alicyclic amines) is 2.